The maximum atomic E-state index is 3.70. The van der Waals surface area contributed by atoms with E-state index in [0.717, 1.165) is 6.04 Å². The van der Waals surface area contributed by atoms with Gasteiger partial charge in [-0.1, -0.05) is 30.3 Å². The van der Waals surface area contributed by atoms with Gasteiger partial charge in [0.15, 0.2) is 0 Å². The van der Waals surface area contributed by atoms with Gasteiger partial charge in [-0.15, -0.1) is 24.8 Å². The van der Waals surface area contributed by atoms with Gasteiger partial charge < -0.3 is 5.32 Å². The Hall–Kier alpha value is -0.280. The average Bonchev–Trinajstić information content (AvgIpc) is 2.77. The lowest BCUT2D eigenvalue weighted by Crippen LogP contribution is -2.54. The number of nitrogens with one attached hydrogen (secondary N) is 1. The lowest BCUT2D eigenvalue weighted by molar-refractivity contribution is 0.172. The fourth-order valence-corrected chi connectivity index (χ4v) is 3.05. The van der Waals surface area contributed by atoms with E-state index < -0.39 is 0 Å². The summed E-state index contributed by atoms with van der Waals surface area (Å²) in [6.07, 6.45) is 3.96. The van der Waals surface area contributed by atoms with E-state index in [-0.39, 0.29) is 24.8 Å². The molecule has 0 radical (unpaired) electrons. The molecule has 2 atom stereocenters. The first-order valence-electron chi connectivity index (χ1n) is 6.43. The highest BCUT2D eigenvalue weighted by molar-refractivity contribution is 5.85. The number of nitrogens with zero attached hydrogens (tertiary/aromatic N) is 1. The van der Waals surface area contributed by atoms with E-state index in [1.165, 1.54) is 44.5 Å². The van der Waals surface area contributed by atoms with Gasteiger partial charge in [-0.2, -0.15) is 0 Å². The fourth-order valence-electron chi connectivity index (χ4n) is 3.05. The lowest BCUT2D eigenvalue weighted by Gasteiger charge is -2.36. The Morgan fingerprint density at radius 2 is 1.94 bits per heavy atom. The van der Waals surface area contributed by atoms with Crippen molar-refractivity contribution in [1.29, 1.82) is 0 Å². The quantitative estimate of drug-likeness (QED) is 0.900. The van der Waals surface area contributed by atoms with E-state index >= 15 is 0 Å². The van der Waals surface area contributed by atoms with Crippen LogP contribution in [0.1, 0.15) is 18.4 Å². The maximum absolute atomic E-state index is 3.70. The van der Waals surface area contributed by atoms with E-state index in [1.807, 2.05) is 0 Å². The Morgan fingerprint density at radius 1 is 1.17 bits per heavy atom. The molecule has 0 aliphatic carbocycles. The van der Waals surface area contributed by atoms with Crippen LogP contribution < -0.4 is 5.32 Å². The van der Waals surface area contributed by atoms with Gasteiger partial charge in [0.1, 0.15) is 0 Å². The summed E-state index contributed by atoms with van der Waals surface area (Å²) in [5, 5.41) is 3.70. The fraction of sp³-hybridized carbons (Fsp3) is 0.571. The van der Waals surface area contributed by atoms with Gasteiger partial charge in [0.2, 0.25) is 0 Å². The van der Waals surface area contributed by atoms with Crippen LogP contribution in [0.15, 0.2) is 30.3 Å². The normalized spacial score (nSPS) is 26.9. The van der Waals surface area contributed by atoms with Crippen molar-refractivity contribution in [2.45, 2.75) is 31.3 Å². The smallest absolute Gasteiger partial charge is 0.0236 e. The molecule has 18 heavy (non-hydrogen) atoms. The Balaban J connectivity index is 0.000000810. The van der Waals surface area contributed by atoms with Crippen LogP contribution in [0.25, 0.3) is 0 Å². The van der Waals surface area contributed by atoms with Gasteiger partial charge >= 0.3 is 0 Å². The number of hydrogen-bond donors (Lipinski definition) is 1. The maximum Gasteiger partial charge on any atom is 0.0236 e. The number of benzene rings is 1. The zero-order valence-corrected chi connectivity index (χ0v) is 12.2. The van der Waals surface area contributed by atoms with Crippen molar-refractivity contribution in [2.24, 2.45) is 0 Å². The molecule has 2 unspecified atom stereocenters. The summed E-state index contributed by atoms with van der Waals surface area (Å²) in [5.74, 6) is 0. The summed E-state index contributed by atoms with van der Waals surface area (Å²) < 4.78 is 0. The predicted molar refractivity (Wildman–Crippen MR) is 81.0 cm³/mol. The van der Waals surface area contributed by atoms with E-state index in [4.69, 9.17) is 0 Å². The topological polar surface area (TPSA) is 15.3 Å². The van der Waals surface area contributed by atoms with Gasteiger partial charge in [-0.25, -0.2) is 0 Å². The number of halogens is 2. The lowest BCUT2D eigenvalue weighted by atomic mass is 10.0. The monoisotopic (exact) mass is 288 g/mol. The molecule has 0 saturated carbocycles. The molecule has 2 aliphatic heterocycles. The molecule has 0 spiro atoms. The summed E-state index contributed by atoms with van der Waals surface area (Å²) in [6, 6.07) is 12.3. The molecule has 1 aromatic rings. The number of rotatable bonds is 2. The average molecular weight is 289 g/mol. The minimum atomic E-state index is 0. The molecular weight excluding hydrogens is 267 g/mol. The predicted octanol–water partition coefficient (Wildman–Crippen LogP) is 2.51. The van der Waals surface area contributed by atoms with Crippen molar-refractivity contribution < 1.29 is 0 Å². The van der Waals surface area contributed by atoms with Crippen molar-refractivity contribution in [3.63, 3.8) is 0 Å². The second kappa shape index (κ2) is 7.34. The summed E-state index contributed by atoms with van der Waals surface area (Å²) in [5.41, 5.74) is 1.46. The molecule has 2 saturated heterocycles. The molecule has 0 aromatic heterocycles. The molecule has 2 nitrogen and oxygen atoms in total. The van der Waals surface area contributed by atoms with Crippen LogP contribution in [0.3, 0.4) is 0 Å². The van der Waals surface area contributed by atoms with Gasteiger partial charge in [-0.05, 0) is 31.4 Å². The number of hydrogen-bond acceptors (Lipinski definition) is 2. The van der Waals surface area contributed by atoms with E-state index in [9.17, 15) is 0 Å². The molecule has 4 heteroatoms. The molecule has 0 amide bonds. The third-order valence-electron chi connectivity index (χ3n) is 3.92. The van der Waals surface area contributed by atoms with E-state index in [1.54, 1.807) is 0 Å². The minimum Gasteiger partial charge on any atom is -0.311 e. The minimum absolute atomic E-state index is 0. The first kappa shape index (κ1) is 15.8. The summed E-state index contributed by atoms with van der Waals surface area (Å²) in [4.78, 5) is 2.67. The first-order valence-corrected chi connectivity index (χ1v) is 6.43. The Morgan fingerprint density at radius 3 is 2.72 bits per heavy atom. The molecule has 102 valence electrons. The molecular formula is C14H22Cl2N2. The largest absolute Gasteiger partial charge is 0.311 e. The summed E-state index contributed by atoms with van der Waals surface area (Å²) >= 11 is 0. The SMILES string of the molecule is Cl.Cl.c1ccc(CC2CN3CCCC3CN2)cc1. The molecule has 2 aliphatic rings. The Bertz CT molecular complexity index is 345. The molecule has 2 heterocycles. The van der Waals surface area contributed by atoms with Gasteiger partial charge in [0.05, 0.1) is 0 Å². The second-order valence-electron chi connectivity index (χ2n) is 5.09. The van der Waals surface area contributed by atoms with Crippen LogP contribution in [0, 0.1) is 0 Å². The molecule has 3 rings (SSSR count). The Labute approximate surface area is 122 Å². The zero-order valence-electron chi connectivity index (χ0n) is 10.5. The van der Waals surface area contributed by atoms with E-state index in [0.29, 0.717) is 6.04 Å². The van der Waals surface area contributed by atoms with Crippen LogP contribution >= 0.6 is 24.8 Å². The van der Waals surface area contributed by atoms with Crippen molar-refractivity contribution in [3.05, 3.63) is 35.9 Å². The van der Waals surface area contributed by atoms with E-state index in [2.05, 4.69) is 40.5 Å². The molecule has 0 bridgehead atoms. The molecule has 2 fully saturated rings. The van der Waals surface area contributed by atoms with Crippen LogP contribution in [-0.2, 0) is 6.42 Å². The standard InChI is InChI=1S/C14H20N2.2ClH/c1-2-5-12(6-3-1)9-13-11-16-8-4-7-14(16)10-15-13;;/h1-3,5-6,13-15H,4,7-11H2;2*1H. The third kappa shape index (κ3) is 3.61. The van der Waals surface area contributed by atoms with Crippen molar-refractivity contribution in [1.82, 2.24) is 10.2 Å². The number of piperazine rings is 1. The summed E-state index contributed by atoms with van der Waals surface area (Å²) in [7, 11) is 0. The van der Waals surface area contributed by atoms with Gasteiger partial charge in [0.25, 0.3) is 0 Å². The summed E-state index contributed by atoms with van der Waals surface area (Å²) in [6.45, 7) is 3.74. The van der Waals surface area contributed by atoms with Gasteiger partial charge in [-0.3, -0.25) is 4.90 Å². The molecule has 1 aromatic carbocycles. The highest BCUT2D eigenvalue weighted by Crippen LogP contribution is 2.20. The van der Waals surface area contributed by atoms with Crippen molar-refractivity contribution in [2.75, 3.05) is 19.6 Å². The van der Waals surface area contributed by atoms with Crippen LogP contribution in [0.2, 0.25) is 0 Å². The second-order valence-corrected chi connectivity index (χ2v) is 5.09. The Kier molecular flexibility index (Phi) is 6.44. The third-order valence-corrected chi connectivity index (χ3v) is 3.92. The van der Waals surface area contributed by atoms with Crippen LogP contribution in [-0.4, -0.2) is 36.6 Å². The highest BCUT2D eigenvalue weighted by atomic mass is 35.5. The van der Waals surface area contributed by atoms with Crippen molar-refractivity contribution in [3.8, 4) is 0 Å². The van der Waals surface area contributed by atoms with Crippen molar-refractivity contribution >= 4 is 24.8 Å². The van der Waals surface area contributed by atoms with Crippen LogP contribution in [0.4, 0.5) is 0 Å². The number of fused-ring (bicyclic) bond motifs is 1. The van der Waals surface area contributed by atoms with Gasteiger partial charge in [0, 0.05) is 25.2 Å². The zero-order chi connectivity index (χ0) is 10.8. The first-order chi connectivity index (χ1) is 7.92. The molecule has 1 N–H and O–H groups in total. The van der Waals surface area contributed by atoms with Crippen LogP contribution in [0.5, 0.6) is 0 Å². The highest BCUT2D eigenvalue weighted by Gasteiger charge is 2.30.